The Morgan fingerprint density at radius 3 is 2.40 bits per heavy atom. The van der Waals surface area contributed by atoms with E-state index in [1.54, 1.807) is 0 Å². The Labute approximate surface area is 86.5 Å². The van der Waals surface area contributed by atoms with Gasteiger partial charge in [0.25, 0.3) is 0 Å². The van der Waals surface area contributed by atoms with Gasteiger partial charge in [0.2, 0.25) is 0 Å². The number of allylic oxidation sites excluding steroid dienone is 1. The van der Waals surface area contributed by atoms with Gasteiger partial charge in [-0.05, 0) is 6.92 Å². The first-order chi connectivity index (χ1) is 7.07. The van der Waals surface area contributed by atoms with E-state index in [4.69, 9.17) is 9.84 Å². The average Bonchev–Trinajstić information content (AvgIpc) is 2.70. The van der Waals surface area contributed by atoms with Crippen LogP contribution in [0, 0.1) is 0 Å². The van der Waals surface area contributed by atoms with Gasteiger partial charge in [0.15, 0.2) is 0 Å². The molecule has 0 aliphatic rings. The van der Waals surface area contributed by atoms with Crippen LogP contribution in [-0.4, -0.2) is 33.2 Å². The molecule has 0 aliphatic carbocycles. The predicted molar refractivity (Wildman–Crippen MR) is 52.7 cm³/mol. The standard InChI is InChI=1S/C9H11N3O3/c1-6(9(13)14)8(7(2)15-3)12-10-4-5-11-12/h4-5H,2H2,1,3H3,(H,13,14). The highest BCUT2D eigenvalue weighted by Crippen LogP contribution is 2.17. The summed E-state index contributed by atoms with van der Waals surface area (Å²) < 4.78 is 4.89. The summed E-state index contributed by atoms with van der Waals surface area (Å²) >= 11 is 0. The molecular formula is C9H11N3O3. The molecular weight excluding hydrogens is 198 g/mol. The van der Waals surface area contributed by atoms with Crippen LogP contribution in [0.2, 0.25) is 0 Å². The fourth-order valence-electron chi connectivity index (χ4n) is 1.000. The van der Waals surface area contributed by atoms with Crippen LogP contribution < -0.4 is 0 Å². The SMILES string of the molecule is C=C(OC)C(=C(C)C(=O)O)n1nccn1. The molecule has 80 valence electrons. The molecule has 0 radical (unpaired) electrons. The highest BCUT2D eigenvalue weighted by molar-refractivity contribution is 5.94. The molecule has 1 N–H and O–H groups in total. The Morgan fingerprint density at radius 1 is 1.47 bits per heavy atom. The molecule has 0 aromatic carbocycles. The van der Waals surface area contributed by atoms with Crippen LogP contribution in [-0.2, 0) is 9.53 Å². The van der Waals surface area contributed by atoms with Gasteiger partial charge in [-0.3, -0.25) is 0 Å². The van der Waals surface area contributed by atoms with Gasteiger partial charge in [0, 0.05) is 0 Å². The Balaban J connectivity index is 3.27. The normalized spacial score (nSPS) is 11.9. The van der Waals surface area contributed by atoms with E-state index < -0.39 is 5.97 Å². The van der Waals surface area contributed by atoms with Crippen molar-refractivity contribution in [3.8, 4) is 0 Å². The molecule has 0 fully saturated rings. The number of aliphatic carboxylic acids is 1. The lowest BCUT2D eigenvalue weighted by Crippen LogP contribution is -2.11. The zero-order valence-electron chi connectivity index (χ0n) is 8.47. The monoisotopic (exact) mass is 209 g/mol. The van der Waals surface area contributed by atoms with Crippen molar-refractivity contribution in [1.29, 1.82) is 0 Å². The van der Waals surface area contributed by atoms with E-state index in [-0.39, 0.29) is 17.0 Å². The van der Waals surface area contributed by atoms with Crippen LogP contribution in [0.4, 0.5) is 0 Å². The zero-order chi connectivity index (χ0) is 11.4. The fourth-order valence-corrected chi connectivity index (χ4v) is 1.000. The van der Waals surface area contributed by atoms with Crippen LogP contribution in [0.5, 0.6) is 0 Å². The molecule has 1 aromatic heterocycles. The first-order valence-electron chi connectivity index (χ1n) is 4.12. The number of aromatic nitrogens is 3. The molecule has 1 aromatic rings. The summed E-state index contributed by atoms with van der Waals surface area (Å²) in [6.07, 6.45) is 2.89. The summed E-state index contributed by atoms with van der Waals surface area (Å²) in [7, 11) is 1.40. The van der Waals surface area contributed by atoms with Crippen LogP contribution >= 0.6 is 0 Å². The lowest BCUT2D eigenvalue weighted by molar-refractivity contribution is -0.132. The topological polar surface area (TPSA) is 77.2 Å². The molecule has 0 bridgehead atoms. The minimum absolute atomic E-state index is 0.0676. The van der Waals surface area contributed by atoms with Crippen molar-refractivity contribution in [3.05, 3.63) is 30.3 Å². The van der Waals surface area contributed by atoms with E-state index in [9.17, 15) is 4.79 Å². The summed E-state index contributed by atoms with van der Waals surface area (Å²) in [5, 5.41) is 16.5. The Kier molecular flexibility index (Phi) is 3.22. The van der Waals surface area contributed by atoms with Crippen LogP contribution in [0.15, 0.2) is 30.3 Å². The second kappa shape index (κ2) is 4.41. The first-order valence-corrected chi connectivity index (χ1v) is 4.12. The largest absolute Gasteiger partial charge is 0.495 e. The minimum atomic E-state index is -1.07. The Morgan fingerprint density at radius 2 is 2.00 bits per heavy atom. The van der Waals surface area contributed by atoms with Gasteiger partial charge in [-0.15, -0.1) is 4.80 Å². The zero-order valence-corrected chi connectivity index (χ0v) is 8.47. The highest BCUT2D eigenvalue weighted by Gasteiger charge is 2.16. The van der Waals surface area contributed by atoms with Gasteiger partial charge in [0.05, 0.1) is 25.1 Å². The molecule has 0 unspecified atom stereocenters. The quantitative estimate of drug-likeness (QED) is 0.450. The molecule has 0 atom stereocenters. The third-order valence-corrected chi connectivity index (χ3v) is 1.81. The summed E-state index contributed by atoms with van der Waals surface area (Å²) in [6, 6.07) is 0. The van der Waals surface area contributed by atoms with Crippen molar-refractivity contribution in [1.82, 2.24) is 15.0 Å². The average molecular weight is 209 g/mol. The Hall–Kier alpha value is -2.11. The third kappa shape index (κ3) is 2.22. The minimum Gasteiger partial charge on any atom is -0.495 e. The number of methoxy groups -OCH3 is 1. The number of hydrogen-bond donors (Lipinski definition) is 1. The molecule has 0 spiro atoms. The van der Waals surface area contributed by atoms with Crippen LogP contribution in [0.1, 0.15) is 6.92 Å². The maximum absolute atomic E-state index is 10.8. The Bertz CT molecular complexity index is 406. The van der Waals surface area contributed by atoms with Gasteiger partial charge < -0.3 is 9.84 Å². The maximum atomic E-state index is 10.8. The van der Waals surface area contributed by atoms with E-state index in [1.807, 2.05) is 0 Å². The van der Waals surface area contributed by atoms with Crippen molar-refractivity contribution in [2.45, 2.75) is 6.92 Å². The number of carboxylic acids is 1. The summed E-state index contributed by atoms with van der Waals surface area (Å²) in [5.41, 5.74) is 0.299. The van der Waals surface area contributed by atoms with E-state index in [0.717, 1.165) is 4.80 Å². The van der Waals surface area contributed by atoms with Crippen molar-refractivity contribution in [3.63, 3.8) is 0 Å². The first kappa shape index (κ1) is 11.0. The van der Waals surface area contributed by atoms with E-state index >= 15 is 0 Å². The van der Waals surface area contributed by atoms with Crippen LogP contribution in [0.25, 0.3) is 5.70 Å². The molecule has 0 saturated carbocycles. The van der Waals surface area contributed by atoms with E-state index in [2.05, 4.69) is 16.8 Å². The molecule has 15 heavy (non-hydrogen) atoms. The second-order valence-electron chi connectivity index (χ2n) is 2.72. The number of carbonyl (C=O) groups is 1. The predicted octanol–water partition coefficient (Wildman–Crippen LogP) is 0.754. The maximum Gasteiger partial charge on any atom is 0.333 e. The van der Waals surface area contributed by atoms with E-state index in [1.165, 1.54) is 26.4 Å². The lowest BCUT2D eigenvalue weighted by atomic mass is 10.2. The lowest BCUT2D eigenvalue weighted by Gasteiger charge is -2.10. The van der Waals surface area contributed by atoms with Crippen molar-refractivity contribution < 1.29 is 14.6 Å². The molecule has 0 amide bonds. The highest BCUT2D eigenvalue weighted by atomic mass is 16.5. The van der Waals surface area contributed by atoms with Crippen molar-refractivity contribution >= 4 is 11.7 Å². The molecule has 6 nitrogen and oxygen atoms in total. The number of ether oxygens (including phenoxy) is 1. The smallest absolute Gasteiger partial charge is 0.333 e. The fraction of sp³-hybridized carbons (Fsp3) is 0.222. The molecule has 1 heterocycles. The van der Waals surface area contributed by atoms with Gasteiger partial charge in [0.1, 0.15) is 11.5 Å². The van der Waals surface area contributed by atoms with Gasteiger partial charge >= 0.3 is 5.97 Å². The number of carboxylic acid groups (broad SMARTS) is 1. The van der Waals surface area contributed by atoms with Crippen molar-refractivity contribution in [2.75, 3.05) is 7.11 Å². The number of rotatable bonds is 4. The second-order valence-corrected chi connectivity index (χ2v) is 2.72. The van der Waals surface area contributed by atoms with Gasteiger partial charge in [-0.25, -0.2) is 4.79 Å². The van der Waals surface area contributed by atoms with E-state index in [0.29, 0.717) is 0 Å². The molecule has 1 rings (SSSR count). The van der Waals surface area contributed by atoms with Gasteiger partial charge in [-0.2, -0.15) is 10.2 Å². The molecule has 6 heteroatoms. The summed E-state index contributed by atoms with van der Waals surface area (Å²) in [6.45, 7) is 5.02. The molecule has 0 aliphatic heterocycles. The molecule has 0 saturated heterocycles. The summed E-state index contributed by atoms with van der Waals surface area (Å²) in [5.74, 6) is -0.869. The van der Waals surface area contributed by atoms with Crippen molar-refractivity contribution in [2.24, 2.45) is 0 Å². The third-order valence-electron chi connectivity index (χ3n) is 1.81. The van der Waals surface area contributed by atoms with Gasteiger partial charge in [-0.1, -0.05) is 6.58 Å². The van der Waals surface area contributed by atoms with Crippen LogP contribution in [0.3, 0.4) is 0 Å². The summed E-state index contributed by atoms with van der Waals surface area (Å²) in [4.78, 5) is 12.0. The number of nitrogens with zero attached hydrogens (tertiary/aromatic N) is 3. The number of hydrogen-bond acceptors (Lipinski definition) is 4.